The summed E-state index contributed by atoms with van der Waals surface area (Å²) in [6.07, 6.45) is 1.84. The van der Waals surface area contributed by atoms with E-state index in [0.717, 1.165) is 30.4 Å². The van der Waals surface area contributed by atoms with Gasteiger partial charge in [0.2, 0.25) is 0 Å². The second-order valence-corrected chi connectivity index (χ2v) is 4.36. The molecule has 1 aliphatic heterocycles. The molecular weight excluding hydrogens is 224 g/mol. The summed E-state index contributed by atoms with van der Waals surface area (Å²) in [6.45, 7) is 3.97. The highest BCUT2D eigenvalue weighted by Crippen LogP contribution is 2.38. The molecule has 18 heavy (non-hydrogen) atoms. The second-order valence-electron chi connectivity index (χ2n) is 4.36. The van der Waals surface area contributed by atoms with Crippen LogP contribution in [-0.4, -0.2) is 18.2 Å². The van der Waals surface area contributed by atoms with Gasteiger partial charge >= 0.3 is 0 Å². The average molecular weight is 240 g/mol. The highest BCUT2D eigenvalue weighted by atomic mass is 15.4. The average Bonchev–Trinajstić information content (AvgIpc) is 2.79. The molecule has 2 N–H and O–H groups in total. The predicted molar refractivity (Wildman–Crippen MR) is 75.1 cm³/mol. The third-order valence-corrected chi connectivity index (χ3v) is 3.26. The lowest BCUT2D eigenvalue weighted by Crippen LogP contribution is -2.27. The minimum Gasteiger partial charge on any atom is -0.399 e. The predicted octanol–water partition coefficient (Wildman–Crippen LogP) is 2.60. The van der Waals surface area contributed by atoms with Gasteiger partial charge in [0, 0.05) is 24.1 Å². The third kappa shape index (κ3) is 1.66. The molecule has 0 saturated carbocycles. The molecule has 0 fully saturated rings. The van der Waals surface area contributed by atoms with E-state index in [9.17, 15) is 0 Å². The number of fused-ring (bicyclic) bond motifs is 1. The Morgan fingerprint density at radius 3 is 2.72 bits per heavy atom. The van der Waals surface area contributed by atoms with Crippen LogP contribution >= 0.6 is 0 Å². The number of hydrogen-bond donors (Lipinski definition) is 1. The lowest BCUT2D eigenvalue weighted by molar-refractivity contribution is 0.863. The van der Waals surface area contributed by atoms with Crippen molar-refractivity contribution in [2.24, 2.45) is 0 Å². The summed E-state index contributed by atoms with van der Waals surface area (Å²) < 4.78 is 0. The van der Waals surface area contributed by atoms with Crippen LogP contribution in [0.1, 0.15) is 6.92 Å². The molecule has 0 unspecified atom stereocenters. The minimum atomic E-state index is 0.784. The van der Waals surface area contributed by atoms with Gasteiger partial charge in [-0.3, -0.25) is 0 Å². The van der Waals surface area contributed by atoms with E-state index in [1.54, 1.807) is 0 Å². The zero-order valence-electron chi connectivity index (χ0n) is 10.4. The summed E-state index contributed by atoms with van der Waals surface area (Å²) in [5, 5.41) is 0. The Labute approximate surface area is 107 Å². The Morgan fingerprint density at radius 1 is 1.22 bits per heavy atom. The van der Waals surface area contributed by atoms with Gasteiger partial charge in [0.15, 0.2) is 5.82 Å². The Hall–Kier alpha value is -2.23. The number of nitrogens with two attached hydrogens (primary N) is 1. The molecule has 0 bridgehead atoms. The fraction of sp³-hybridized carbons (Fsp3) is 0.214. The monoisotopic (exact) mass is 240 g/mol. The second kappa shape index (κ2) is 4.22. The van der Waals surface area contributed by atoms with Crippen LogP contribution in [0.2, 0.25) is 0 Å². The molecular formula is C14H16N4. The van der Waals surface area contributed by atoms with Gasteiger partial charge in [-0.15, -0.1) is 0 Å². The molecule has 0 saturated heterocycles. The zero-order valence-corrected chi connectivity index (χ0v) is 10.4. The fourth-order valence-electron chi connectivity index (χ4n) is 2.29. The van der Waals surface area contributed by atoms with Crippen LogP contribution in [0.5, 0.6) is 0 Å². The van der Waals surface area contributed by atoms with Crippen LogP contribution in [0.15, 0.2) is 42.6 Å². The van der Waals surface area contributed by atoms with Gasteiger partial charge in [-0.25, -0.2) is 4.98 Å². The molecule has 4 heteroatoms. The molecule has 4 nitrogen and oxygen atoms in total. The number of hydrogen-bond acceptors (Lipinski definition) is 4. The first kappa shape index (κ1) is 10.9. The molecule has 2 aromatic rings. The van der Waals surface area contributed by atoms with Crippen molar-refractivity contribution < 1.29 is 0 Å². The SMILES string of the molecule is CCN1CN(c2ccc(N)cc2)c2ncccc21. The van der Waals surface area contributed by atoms with Crippen molar-refractivity contribution in [3.05, 3.63) is 42.6 Å². The van der Waals surface area contributed by atoms with Gasteiger partial charge in [0.1, 0.15) is 0 Å². The van der Waals surface area contributed by atoms with E-state index >= 15 is 0 Å². The molecule has 2 heterocycles. The molecule has 1 aromatic carbocycles. The van der Waals surface area contributed by atoms with E-state index in [1.165, 1.54) is 5.69 Å². The first-order chi connectivity index (χ1) is 8.79. The van der Waals surface area contributed by atoms with Crippen molar-refractivity contribution in [3.8, 4) is 0 Å². The number of rotatable bonds is 2. The quantitative estimate of drug-likeness (QED) is 0.820. The van der Waals surface area contributed by atoms with Crippen LogP contribution < -0.4 is 15.5 Å². The number of pyridine rings is 1. The maximum Gasteiger partial charge on any atom is 0.158 e. The van der Waals surface area contributed by atoms with Gasteiger partial charge in [-0.2, -0.15) is 0 Å². The fourth-order valence-corrected chi connectivity index (χ4v) is 2.29. The Morgan fingerprint density at radius 2 is 2.00 bits per heavy atom. The largest absolute Gasteiger partial charge is 0.399 e. The molecule has 92 valence electrons. The highest BCUT2D eigenvalue weighted by molar-refractivity contribution is 5.79. The highest BCUT2D eigenvalue weighted by Gasteiger charge is 2.26. The Balaban J connectivity index is 2.02. The normalized spacial score (nSPS) is 13.8. The third-order valence-electron chi connectivity index (χ3n) is 3.26. The van der Waals surface area contributed by atoms with E-state index in [0.29, 0.717) is 0 Å². The number of benzene rings is 1. The van der Waals surface area contributed by atoms with Crippen molar-refractivity contribution in [3.63, 3.8) is 0 Å². The molecule has 0 spiro atoms. The molecule has 3 rings (SSSR count). The number of nitrogens with zero attached hydrogens (tertiary/aromatic N) is 3. The molecule has 0 aliphatic carbocycles. The molecule has 0 radical (unpaired) electrons. The van der Waals surface area contributed by atoms with Crippen LogP contribution in [0.25, 0.3) is 0 Å². The zero-order chi connectivity index (χ0) is 12.5. The summed E-state index contributed by atoms with van der Waals surface area (Å²) in [5.41, 5.74) is 8.83. The van der Waals surface area contributed by atoms with Crippen LogP contribution in [-0.2, 0) is 0 Å². The first-order valence-corrected chi connectivity index (χ1v) is 6.12. The summed E-state index contributed by atoms with van der Waals surface area (Å²) in [6, 6.07) is 12.0. The topological polar surface area (TPSA) is 45.4 Å². The summed E-state index contributed by atoms with van der Waals surface area (Å²) >= 11 is 0. The van der Waals surface area contributed by atoms with E-state index in [2.05, 4.69) is 27.8 Å². The molecule has 0 atom stereocenters. The van der Waals surface area contributed by atoms with Crippen LogP contribution in [0.3, 0.4) is 0 Å². The Kier molecular flexibility index (Phi) is 2.55. The van der Waals surface area contributed by atoms with Gasteiger partial charge in [0.25, 0.3) is 0 Å². The number of nitrogen functional groups attached to an aromatic ring is 1. The summed E-state index contributed by atoms with van der Waals surface area (Å²) in [7, 11) is 0. The summed E-state index contributed by atoms with van der Waals surface area (Å²) in [4.78, 5) is 9.00. The lowest BCUT2D eigenvalue weighted by Gasteiger charge is -2.20. The van der Waals surface area contributed by atoms with Crippen molar-refractivity contribution in [2.75, 3.05) is 28.7 Å². The van der Waals surface area contributed by atoms with Crippen LogP contribution in [0.4, 0.5) is 22.9 Å². The maximum absolute atomic E-state index is 5.73. The number of aromatic nitrogens is 1. The lowest BCUT2D eigenvalue weighted by atomic mass is 10.2. The van der Waals surface area contributed by atoms with E-state index in [-0.39, 0.29) is 0 Å². The van der Waals surface area contributed by atoms with Gasteiger partial charge in [-0.1, -0.05) is 0 Å². The van der Waals surface area contributed by atoms with Crippen molar-refractivity contribution >= 4 is 22.9 Å². The Bertz CT molecular complexity index is 550. The van der Waals surface area contributed by atoms with Gasteiger partial charge < -0.3 is 15.5 Å². The first-order valence-electron chi connectivity index (χ1n) is 6.12. The minimum absolute atomic E-state index is 0.784. The van der Waals surface area contributed by atoms with Crippen LogP contribution in [0, 0.1) is 0 Å². The van der Waals surface area contributed by atoms with E-state index in [1.807, 2.05) is 36.5 Å². The smallest absolute Gasteiger partial charge is 0.158 e. The van der Waals surface area contributed by atoms with E-state index in [4.69, 9.17) is 5.73 Å². The molecule has 0 amide bonds. The van der Waals surface area contributed by atoms with Crippen molar-refractivity contribution in [2.45, 2.75) is 6.92 Å². The van der Waals surface area contributed by atoms with Gasteiger partial charge in [-0.05, 0) is 43.3 Å². The van der Waals surface area contributed by atoms with Crippen molar-refractivity contribution in [1.82, 2.24) is 4.98 Å². The number of anilines is 4. The summed E-state index contributed by atoms with van der Waals surface area (Å²) in [5.74, 6) is 1.02. The molecule has 1 aliphatic rings. The maximum atomic E-state index is 5.73. The standard InChI is InChI=1S/C14H16N4/c1-2-17-10-18(12-7-5-11(15)6-8-12)14-13(17)4-3-9-16-14/h3-9H,2,10,15H2,1H3. The van der Waals surface area contributed by atoms with E-state index < -0.39 is 0 Å². The molecule has 1 aromatic heterocycles. The van der Waals surface area contributed by atoms with Crippen molar-refractivity contribution in [1.29, 1.82) is 0 Å². The van der Waals surface area contributed by atoms with Gasteiger partial charge in [0.05, 0.1) is 12.4 Å².